The summed E-state index contributed by atoms with van der Waals surface area (Å²) in [7, 11) is 0. The molecular formula is C18H38Cl2O. The summed E-state index contributed by atoms with van der Waals surface area (Å²) < 4.78 is 0. The highest BCUT2D eigenvalue weighted by Crippen LogP contribution is 2.09. The van der Waals surface area contributed by atoms with Crippen LogP contribution in [0.1, 0.15) is 96.8 Å². The minimum Gasteiger partial charge on any atom is -0.396 e. The summed E-state index contributed by atoms with van der Waals surface area (Å²) in [6.07, 6.45) is 23.2. The van der Waals surface area contributed by atoms with Gasteiger partial charge in [-0.1, -0.05) is 76.9 Å². The average Bonchev–Trinajstić information content (AvgIpc) is 2.43. The van der Waals surface area contributed by atoms with E-state index in [1.807, 2.05) is 0 Å². The molecule has 0 aromatic carbocycles. The van der Waals surface area contributed by atoms with Crippen LogP contribution in [0.3, 0.4) is 0 Å². The van der Waals surface area contributed by atoms with Gasteiger partial charge in [-0.3, -0.25) is 0 Å². The molecule has 0 heterocycles. The number of unbranched alkanes of at least 4 members (excludes halogenated alkanes) is 12. The lowest BCUT2D eigenvalue weighted by Gasteiger charge is -1.99. The van der Waals surface area contributed by atoms with Crippen LogP contribution in [0.2, 0.25) is 0 Å². The van der Waals surface area contributed by atoms with Crippen LogP contribution in [0, 0.1) is 0 Å². The third-order valence-electron chi connectivity index (χ3n) is 3.67. The first-order chi connectivity index (χ1) is 9.41. The molecule has 0 rings (SSSR count). The average molecular weight is 341 g/mol. The Kier molecular flexibility index (Phi) is 31.5. The molecule has 0 atom stereocenters. The SMILES string of the molecule is CCCCCCCC/C=C\CCCCCCCCO.Cl.Cl. The van der Waals surface area contributed by atoms with Crippen molar-refractivity contribution in [1.29, 1.82) is 0 Å². The Morgan fingerprint density at radius 2 is 0.952 bits per heavy atom. The van der Waals surface area contributed by atoms with Crippen molar-refractivity contribution in [2.24, 2.45) is 0 Å². The molecule has 0 spiro atoms. The van der Waals surface area contributed by atoms with Crippen molar-refractivity contribution in [3.05, 3.63) is 12.2 Å². The molecule has 130 valence electrons. The van der Waals surface area contributed by atoms with Gasteiger partial charge in [-0.05, 0) is 32.1 Å². The molecule has 0 aliphatic rings. The Hall–Kier alpha value is 0.280. The van der Waals surface area contributed by atoms with E-state index in [-0.39, 0.29) is 24.8 Å². The van der Waals surface area contributed by atoms with Crippen LogP contribution in [0.15, 0.2) is 12.2 Å². The molecule has 1 N–H and O–H groups in total. The van der Waals surface area contributed by atoms with Gasteiger partial charge < -0.3 is 5.11 Å². The number of aliphatic hydroxyl groups excluding tert-OH is 1. The fourth-order valence-electron chi connectivity index (χ4n) is 2.36. The molecule has 0 aromatic heterocycles. The number of allylic oxidation sites excluding steroid dienone is 2. The molecule has 3 heteroatoms. The van der Waals surface area contributed by atoms with Gasteiger partial charge in [0.15, 0.2) is 0 Å². The monoisotopic (exact) mass is 340 g/mol. The maximum atomic E-state index is 8.66. The van der Waals surface area contributed by atoms with Gasteiger partial charge in [-0.25, -0.2) is 0 Å². The highest BCUT2D eigenvalue weighted by Gasteiger charge is 1.90. The van der Waals surface area contributed by atoms with Gasteiger partial charge in [0.2, 0.25) is 0 Å². The summed E-state index contributed by atoms with van der Waals surface area (Å²) in [6.45, 7) is 2.64. The van der Waals surface area contributed by atoms with E-state index >= 15 is 0 Å². The smallest absolute Gasteiger partial charge is 0.0431 e. The maximum Gasteiger partial charge on any atom is 0.0431 e. The molecule has 0 fully saturated rings. The van der Waals surface area contributed by atoms with E-state index in [0.717, 1.165) is 6.42 Å². The number of aliphatic hydroxyl groups is 1. The van der Waals surface area contributed by atoms with Crippen LogP contribution in [0.5, 0.6) is 0 Å². The van der Waals surface area contributed by atoms with Gasteiger partial charge in [-0.15, -0.1) is 24.8 Å². The van der Waals surface area contributed by atoms with Crippen molar-refractivity contribution >= 4 is 24.8 Å². The summed E-state index contributed by atoms with van der Waals surface area (Å²) in [5, 5.41) is 8.66. The number of rotatable bonds is 15. The zero-order chi connectivity index (χ0) is 14.0. The summed E-state index contributed by atoms with van der Waals surface area (Å²) in [6, 6.07) is 0. The van der Waals surface area contributed by atoms with Crippen molar-refractivity contribution in [3.63, 3.8) is 0 Å². The van der Waals surface area contributed by atoms with Gasteiger partial charge in [0, 0.05) is 6.61 Å². The van der Waals surface area contributed by atoms with Crippen LogP contribution in [-0.2, 0) is 0 Å². The van der Waals surface area contributed by atoms with Crippen LogP contribution in [0.25, 0.3) is 0 Å². The van der Waals surface area contributed by atoms with E-state index in [2.05, 4.69) is 19.1 Å². The molecule has 1 nitrogen and oxygen atoms in total. The van der Waals surface area contributed by atoms with Gasteiger partial charge in [0.25, 0.3) is 0 Å². The highest BCUT2D eigenvalue weighted by molar-refractivity contribution is 5.85. The van der Waals surface area contributed by atoms with Crippen LogP contribution >= 0.6 is 24.8 Å². The quantitative estimate of drug-likeness (QED) is 0.255. The van der Waals surface area contributed by atoms with E-state index in [1.54, 1.807) is 0 Å². The maximum absolute atomic E-state index is 8.66. The van der Waals surface area contributed by atoms with E-state index in [9.17, 15) is 0 Å². The van der Waals surface area contributed by atoms with Crippen molar-refractivity contribution in [2.45, 2.75) is 96.8 Å². The lowest BCUT2D eigenvalue weighted by Crippen LogP contribution is -1.83. The molecule has 0 aromatic rings. The zero-order valence-electron chi connectivity index (χ0n) is 14.0. The lowest BCUT2D eigenvalue weighted by atomic mass is 10.1. The molecule has 0 saturated carbocycles. The topological polar surface area (TPSA) is 20.2 Å². The minimum atomic E-state index is 0. The van der Waals surface area contributed by atoms with Gasteiger partial charge in [0.05, 0.1) is 0 Å². The van der Waals surface area contributed by atoms with Gasteiger partial charge >= 0.3 is 0 Å². The van der Waals surface area contributed by atoms with Gasteiger partial charge in [0.1, 0.15) is 0 Å². The summed E-state index contributed by atoms with van der Waals surface area (Å²) in [5.74, 6) is 0. The first kappa shape index (κ1) is 26.2. The second kappa shape index (κ2) is 25.2. The van der Waals surface area contributed by atoms with E-state index in [1.165, 1.54) is 83.5 Å². The standard InChI is InChI=1S/C18H36O.2ClH/c1-2-3-4-5-6-7-8-9-10-11-12-13-14-15-16-17-18-19;;/h9-10,19H,2-8,11-18H2,1H3;2*1H/b10-9-;;. The molecule has 0 bridgehead atoms. The van der Waals surface area contributed by atoms with E-state index < -0.39 is 0 Å². The minimum absolute atomic E-state index is 0. The van der Waals surface area contributed by atoms with Crippen molar-refractivity contribution in [3.8, 4) is 0 Å². The second-order valence-corrected chi connectivity index (χ2v) is 5.66. The first-order valence-electron chi connectivity index (χ1n) is 8.67. The second-order valence-electron chi connectivity index (χ2n) is 5.66. The van der Waals surface area contributed by atoms with Crippen molar-refractivity contribution in [1.82, 2.24) is 0 Å². The molecular weight excluding hydrogens is 303 g/mol. The highest BCUT2D eigenvalue weighted by atomic mass is 35.5. The number of hydrogen-bond donors (Lipinski definition) is 1. The molecule has 0 unspecified atom stereocenters. The molecule has 0 saturated heterocycles. The number of halogens is 2. The molecule has 21 heavy (non-hydrogen) atoms. The summed E-state index contributed by atoms with van der Waals surface area (Å²) >= 11 is 0. The number of hydrogen-bond acceptors (Lipinski definition) is 1. The Morgan fingerprint density at radius 1 is 0.571 bits per heavy atom. The Labute approximate surface area is 145 Å². The molecule has 0 aliphatic heterocycles. The predicted molar refractivity (Wildman–Crippen MR) is 101 cm³/mol. The largest absolute Gasteiger partial charge is 0.396 e. The van der Waals surface area contributed by atoms with Gasteiger partial charge in [-0.2, -0.15) is 0 Å². The third kappa shape index (κ3) is 25.6. The fourth-order valence-corrected chi connectivity index (χ4v) is 2.36. The molecule has 0 amide bonds. The summed E-state index contributed by atoms with van der Waals surface area (Å²) in [5.41, 5.74) is 0. The zero-order valence-corrected chi connectivity index (χ0v) is 15.7. The summed E-state index contributed by atoms with van der Waals surface area (Å²) in [4.78, 5) is 0. The van der Waals surface area contributed by atoms with E-state index in [0.29, 0.717) is 6.61 Å². The molecule has 0 radical (unpaired) electrons. The fraction of sp³-hybridized carbons (Fsp3) is 0.889. The first-order valence-corrected chi connectivity index (χ1v) is 8.67. The predicted octanol–water partition coefficient (Wildman–Crippen LogP) is 6.86. The Morgan fingerprint density at radius 3 is 1.38 bits per heavy atom. The van der Waals surface area contributed by atoms with Crippen LogP contribution in [0.4, 0.5) is 0 Å². The van der Waals surface area contributed by atoms with E-state index in [4.69, 9.17) is 5.11 Å². The third-order valence-corrected chi connectivity index (χ3v) is 3.67. The van der Waals surface area contributed by atoms with Crippen molar-refractivity contribution < 1.29 is 5.11 Å². The normalized spacial score (nSPS) is 10.4. The van der Waals surface area contributed by atoms with Crippen molar-refractivity contribution in [2.75, 3.05) is 6.61 Å². The lowest BCUT2D eigenvalue weighted by molar-refractivity contribution is 0.282. The molecule has 0 aliphatic carbocycles. The van der Waals surface area contributed by atoms with Crippen LogP contribution < -0.4 is 0 Å². The Balaban J connectivity index is -0.00000162. The Bertz CT molecular complexity index is 184. The van der Waals surface area contributed by atoms with Crippen LogP contribution in [-0.4, -0.2) is 11.7 Å².